The first-order chi connectivity index (χ1) is 7.74. The first-order valence-corrected chi connectivity index (χ1v) is 6.85. The smallest absolute Gasteiger partial charge is 0.205 e. The molecule has 0 aliphatic heterocycles. The van der Waals surface area contributed by atoms with Gasteiger partial charge in [0.15, 0.2) is 5.01 Å². The van der Waals surface area contributed by atoms with Crippen LogP contribution < -0.4 is 5.32 Å². The zero-order chi connectivity index (χ0) is 11.5. The Kier molecular flexibility index (Phi) is 3.50. The molecule has 2 rings (SSSR count). The normalized spacial score (nSPS) is 10.7. The van der Waals surface area contributed by atoms with Crippen LogP contribution in [0.1, 0.15) is 24.0 Å². The van der Waals surface area contributed by atoms with Crippen molar-refractivity contribution in [3.05, 3.63) is 10.7 Å². The van der Waals surface area contributed by atoms with Gasteiger partial charge in [0.2, 0.25) is 5.13 Å². The van der Waals surface area contributed by atoms with Gasteiger partial charge >= 0.3 is 0 Å². The van der Waals surface area contributed by atoms with E-state index in [1.807, 2.05) is 14.0 Å². The maximum absolute atomic E-state index is 4.55. The van der Waals surface area contributed by atoms with Crippen molar-refractivity contribution in [2.75, 3.05) is 12.4 Å². The standard InChI is InChI=1S/C10H14N4S2/c1-4-5-7-12-6(2)8(15-7)9-13-14-10(11-3)16-9/h4-5H2,1-3H3,(H,11,14). The molecule has 0 unspecified atom stereocenters. The zero-order valence-corrected chi connectivity index (χ0v) is 11.2. The van der Waals surface area contributed by atoms with Crippen LogP contribution in [0.2, 0.25) is 0 Å². The molecule has 0 bridgehead atoms. The van der Waals surface area contributed by atoms with Gasteiger partial charge in [-0.3, -0.25) is 0 Å². The quantitative estimate of drug-likeness (QED) is 0.911. The minimum Gasteiger partial charge on any atom is -0.363 e. The lowest BCUT2D eigenvalue weighted by Gasteiger charge is -1.88. The van der Waals surface area contributed by atoms with Crippen molar-refractivity contribution < 1.29 is 0 Å². The van der Waals surface area contributed by atoms with Crippen molar-refractivity contribution in [3.63, 3.8) is 0 Å². The van der Waals surface area contributed by atoms with Crippen LogP contribution in [0.5, 0.6) is 0 Å². The summed E-state index contributed by atoms with van der Waals surface area (Å²) in [5.41, 5.74) is 1.06. The SMILES string of the molecule is CCCc1nc(C)c(-c2nnc(NC)s2)s1. The second kappa shape index (κ2) is 4.88. The topological polar surface area (TPSA) is 50.7 Å². The number of aromatic nitrogens is 3. The largest absolute Gasteiger partial charge is 0.363 e. The number of thiazole rings is 1. The molecule has 0 spiro atoms. The van der Waals surface area contributed by atoms with E-state index in [4.69, 9.17) is 0 Å². The molecule has 2 heterocycles. The van der Waals surface area contributed by atoms with E-state index in [9.17, 15) is 0 Å². The molecule has 2 aromatic rings. The summed E-state index contributed by atoms with van der Waals surface area (Å²) in [7, 11) is 1.85. The van der Waals surface area contributed by atoms with Crippen molar-refractivity contribution in [1.29, 1.82) is 0 Å². The molecule has 2 aromatic heterocycles. The summed E-state index contributed by atoms with van der Waals surface area (Å²) in [5.74, 6) is 0. The van der Waals surface area contributed by atoms with Crippen molar-refractivity contribution in [2.45, 2.75) is 26.7 Å². The van der Waals surface area contributed by atoms with Crippen LogP contribution in [0.15, 0.2) is 0 Å². The van der Waals surface area contributed by atoms with E-state index >= 15 is 0 Å². The van der Waals surface area contributed by atoms with Gasteiger partial charge in [-0.15, -0.1) is 21.5 Å². The van der Waals surface area contributed by atoms with E-state index in [1.165, 1.54) is 5.01 Å². The highest BCUT2D eigenvalue weighted by atomic mass is 32.1. The Morgan fingerprint density at radius 2 is 2.06 bits per heavy atom. The molecule has 0 fully saturated rings. The lowest BCUT2D eigenvalue weighted by Crippen LogP contribution is -1.84. The fourth-order valence-electron chi connectivity index (χ4n) is 1.39. The number of nitrogens with zero attached hydrogens (tertiary/aromatic N) is 3. The molecule has 0 aliphatic rings. The van der Waals surface area contributed by atoms with Gasteiger partial charge in [0, 0.05) is 7.05 Å². The number of aryl methyl sites for hydroxylation is 2. The van der Waals surface area contributed by atoms with Crippen molar-refractivity contribution >= 4 is 27.8 Å². The summed E-state index contributed by atoms with van der Waals surface area (Å²) >= 11 is 3.30. The number of hydrogen-bond donors (Lipinski definition) is 1. The van der Waals surface area contributed by atoms with Gasteiger partial charge in [-0.25, -0.2) is 4.98 Å². The predicted octanol–water partition coefficient (Wildman–Crippen LogP) is 2.96. The van der Waals surface area contributed by atoms with E-state index in [1.54, 1.807) is 22.7 Å². The molecule has 86 valence electrons. The summed E-state index contributed by atoms with van der Waals surface area (Å²) in [6.07, 6.45) is 2.17. The van der Waals surface area contributed by atoms with Crippen LogP contribution in [0.4, 0.5) is 5.13 Å². The second-order valence-corrected chi connectivity index (χ2v) is 5.50. The Morgan fingerprint density at radius 1 is 1.25 bits per heavy atom. The van der Waals surface area contributed by atoms with E-state index < -0.39 is 0 Å². The number of anilines is 1. The molecule has 0 saturated heterocycles. The van der Waals surface area contributed by atoms with Crippen molar-refractivity contribution in [3.8, 4) is 9.88 Å². The Labute approximate surface area is 103 Å². The molecule has 1 N–H and O–H groups in total. The summed E-state index contributed by atoms with van der Waals surface area (Å²) in [6.45, 7) is 4.20. The Morgan fingerprint density at radius 3 is 2.69 bits per heavy atom. The van der Waals surface area contributed by atoms with Crippen LogP contribution in [0, 0.1) is 6.92 Å². The third-order valence-corrected chi connectivity index (χ3v) is 4.45. The van der Waals surface area contributed by atoms with E-state index in [2.05, 4.69) is 27.4 Å². The molecular formula is C10H14N4S2. The van der Waals surface area contributed by atoms with Gasteiger partial charge < -0.3 is 5.32 Å². The monoisotopic (exact) mass is 254 g/mol. The minimum atomic E-state index is 0.847. The lowest BCUT2D eigenvalue weighted by atomic mass is 10.3. The van der Waals surface area contributed by atoms with Gasteiger partial charge in [-0.05, 0) is 19.8 Å². The summed E-state index contributed by atoms with van der Waals surface area (Å²) < 4.78 is 0. The molecule has 0 saturated carbocycles. The molecule has 0 radical (unpaired) electrons. The Hall–Kier alpha value is -1.01. The molecular weight excluding hydrogens is 240 g/mol. The number of rotatable bonds is 4. The molecule has 0 aromatic carbocycles. The minimum absolute atomic E-state index is 0.847. The maximum atomic E-state index is 4.55. The fourth-order valence-corrected chi connectivity index (χ4v) is 3.37. The van der Waals surface area contributed by atoms with Gasteiger partial charge in [0.1, 0.15) is 0 Å². The molecule has 4 nitrogen and oxygen atoms in total. The van der Waals surface area contributed by atoms with Crippen LogP contribution in [0.25, 0.3) is 9.88 Å². The zero-order valence-electron chi connectivity index (χ0n) is 9.57. The highest BCUT2D eigenvalue weighted by Crippen LogP contribution is 2.33. The average molecular weight is 254 g/mol. The first-order valence-electron chi connectivity index (χ1n) is 5.22. The highest BCUT2D eigenvalue weighted by molar-refractivity contribution is 7.23. The molecule has 6 heteroatoms. The van der Waals surface area contributed by atoms with E-state index in [0.29, 0.717) is 0 Å². The molecule has 0 aliphatic carbocycles. The third kappa shape index (κ3) is 2.22. The predicted molar refractivity (Wildman–Crippen MR) is 69.3 cm³/mol. The van der Waals surface area contributed by atoms with E-state index in [0.717, 1.165) is 33.6 Å². The van der Waals surface area contributed by atoms with Crippen LogP contribution in [-0.2, 0) is 6.42 Å². The molecule has 16 heavy (non-hydrogen) atoms. The first kappa shape index (κ1) is 11.5. The van der Waals surface area contributed by atoms with Crippen LogP contribution >= 0.6 is 22.7 Å². The fraction of sp³-hybridized carbons (Fsp3) is 0.500. The number of hydrogen-bond acceptors (Lipinski definition) is 6. The van der Waals surface area contributed by atoms with Gasteiger partial charge in [0.25, 0.3) is 0 Å². The van der Waals surface area contributed by atoms with Crippen molar-refractivity contribution in [1.82, 2.24) is 15.2 Å². The maximum Gasteiger partial charge on any atom is 0.205 e. The summed E-state index contributed by atoms with van der Waals surface area (Å²) in [4.78, 5) is 5.70. The highest BCUT2D eigenvalue weighted by Gasteiger charge is 2.13. The third-order valence-electron chi connectivity index (χ3n) is 2.14. The van der Waals surface area contributed by atoms with Gasteiger partial charge in [-0.2, -0.15) is 0 Å². The lowest BCUT2D eigenvalue weighted by molar-refractivity contribution is 0.903. The molecule has 0 atom stereocenters. The van der Waals surface area contributed by atoms with Gasteiger partial charge in [-0.1, -0.05) is 18.3 Å². The van der Waals surface area contributed by atoms with Crippen molar-refractivity contribution in [2.24, 2.45) is 0 Å². The van der Waals surface area contributed by atoms with Crippen LogP contribution in [-0.4, -0.2) is 22.2 Å². The van der Waals surface area contributed by atoms with Crippen LogP contribution in [0.3, 0.4) is 0 Å². The molecule has 0 amide bonds. The summed E-state index contributed by atoms with van der Waals surface area (Å²) in [5, 5.41) is 14.2. The number of nitrogens with one attached hydrogen (secondary N) is 1. The average Bonchev–Trinajstić information content (AvgIpc) is 2.85. The summed E-state index contributed by atoms with van der Waals surface area (Å²) in [6, 6.07) is 0. The Balaban J connectivity index is 2.32. The Bertz CT molecular complexity index is 475. The van der Waals surface area contributed by atoms with Gasteiger partial charge in [0.05, 0.1) is 15.6 Å². The second-order valence-electron chi connectivity index (χ2n) is 3.43. The van der Waals surface area contributed by atoms with E-state index in [-0.39, 0.29) is 0 Å².